The van der Waals surface area contributed by atoms with Crippen molar-refractivity contribution in [1.29, 1.82) is 0 Å². The summed E-state index contributed by atoms with van der Waals surface area (Å²) in [6, 6.07) is 0. The van der Waals surface area contributed by atoms with Crippen LogP contribution in [0.3, 0.4) is 0 Å². The van der Waals surface area contributed by atoms with E-state index >= 15 is 0 Å². The molecule has 0 saturated carbocycles. The third-order valence-corrected chi connectivity index (χ3v) is 6.71. The minimum absolute atomic E-state index is 0. The summed E-state index contributed by atoms with van der Waals surface area (Å²) in [6.45, 7) is 26.0. The molecular formula is C27H39Gd. The third-order valence-electron chi connectivity index (χ3n) is 6.71. The van der Waals surface area contributed by atoms with Crippen LogP contribution in [0.5, 0.6) is 0 Å². The van der Waals surface area contributed by atoms with Gasteiger partial charge in [0.2, 0.25) is 0 Å². The molecule has 1 heteroatoms. The fourth-order valence-corrected chi connectivity index (χ4v) is 3.49. The van der Waals surface area contributed by atoms with Crippen molar-refractivity contribution in [3.8, 4) is 0 Å². The molecule has 0 bridgehead atoms. The first-order valence-corrected chi connectivity index (χ1v) is 10.2. The van der Waals surface area contributed by atoms with E-state index in [-0.39, 0.29) is 39.9 Å². The molecule has 3 aliphatic rings. The number of hydrogen-bond donors (Lipinski definition) is 0. The van der Waals surface area contributed by atoms with Crippen LogP contribution in [0.2, 0.25) is 0 Å². The van der Waals surface area contributed by atoms with Crippen LogP contribution in [0.1, 0.15) is 83.1 Å². The molecule has 155 valence electrons. The molecule has 1 radical (unpaired) electrons. The van der Waals surface area contributed by atoms with Crippen LogP contribution in [0.15, 0.2) is 50.2 Å². The monoisotopic (exact) mass is 521 g/mol. The Hall–Kier alpha value is -0.235. The van der Waals surface area contributed by atoms with Crippen LogP contribution in [0.25, 0.3) is 0 Å². The zero-order chi connectivity index (χ0) is 21.0. The van der Waals surface area contributed by atoms with Crippen molar-refractivity contribution in [2.45, 2.75) is 83.1 Å². The Morgan fingerprint density at radius 3 is 0.643 bits per heavy atom. The minimum atomic E-state index is 0. The van der Waals surface area contributed by atoms with Gasteiger partial charge in [0.05, 0.1) is 0 Å². The van der Waals surface area contributed by atoms with Gasteiger partial charge in [-0.2, -0.15) is 33.4 Å². The molecule has 0 amide bonds. The quantitative estimate of drug-likeness (QED) is 0.283. The van der Waals surface area contributed by atoms with Crippen LogP contribution in [-0.2, 0) is 0 Å². The molecule has 0 aromatic carbocycles. The maximum absolute atomic E-state index is 3.36. The molecule has 0 saturated heterocycles. The largest absolute Gasteiger partial charge is 3.00 e. The Labute approximate surface area is 207 Å². The van der Waals surface area contributed by atoms with Crippen molar-refractivity contribution >= 4 is 0 Å². The summed E-state index contributed by atoms with van der Waals surface area (Å²) in [4.78, 5) is 0. The summed E-state index contributed by atoms with van der Waals surface area (Å²) >= 11 is 0. The molecule has 0 nitrogen and oxygen atoms in total. The molecule has 0 aromatic heterocycles. The molecule has 3 aliphatic carbocycles. The summed E-state index contributed by atoms with van der Waals surface area (Å²) in [6.07, 6.45) is 10.1. The molecule has 0 aliphatic heterocycles. The average molecular weight is 521 g/mol. The van der Waals surface area contributed by atoms with Gasteiger partial charge in [-0.15, -0.1) is 20.8 Å². The van der Waals surface area contributed by atoms with E-state index in [4.69, 9.17) is 0 Å². The van der Waals surface area contributed by atoms with Gasteiger partial charge >= 0.3 is 39.9 Å². The molecule has 3 atom stereocenters. The van der Waals surface area contributed by atoms with Gasteiger partial charge < -0.3 is 0 Å². The van der Waals surface area contributed by atoms with Gasteiger partial charge in [-0.3, -0.25) is 18.2 Å². The van der Waals surface area contributed by atoms with Crippen LogP contribution in [0, 0.1) is 75.9 Å². The van der Waals surface area contributed by atoms with Crippen molar-refractivity contribution in [1.82, 2.24) is 0 Å². The van der Waals surface area contributed by atoms with Crippen LogP contribution in [0.4, 0.5) is 0 Å². The second kappa shape index (κ2) is 11.8. The summed E-state index contributed by atoms with van der Waals surface area (Å²) in [5.41, 5.74) is 12.7. The van der Waals surface area contributed by atoms with Crippen molar-refractivity contribution < 1.29 is 39.9 Å². The fraction of sp³-hybridized carbons (Fsp3) is 0.556. The molecule has 0 heterocycles. The maximum Gasteiger partial charge on any atom is 3.00 e. The Bertz CT molecular complexity index is 657. The van der Waals surface area contributed by atoms with Crippen LogP contribution in [-0.4, -0.2) is 0 Å². The normalized spacial score (nSPS) is 26.1. The van der Waals surface area contributed by atoms with E-state index in [0.717, 1.165) is 0 Å². The number of hydrogen-bond acceptors (Lipinski definition) is 0. The summed E-state index contributed by atoms with van der Waals surface area (Å²) in [7, 11) is 0. The smallest absolute Gasteiger partial charge is 0.266 e. The predicted molar refractivity (Wildman–Crippen MR) is 120 cm³/mol. The van der Waals surface area contributed by atoms with Gasteiger partial charge in [-0.1, -0.05) is 80.1 Å². The predicted octanol–water partition coefficient (Wildman–Crippen LogP) is 8.17. The number of allylic oxidation sites excluding steroid dienone is 12. The van der Waals surface area contributed by atoms with Gasteiger partial charge in [0.15, 0.2) is 0 Å². The first kappa shape index (κ1) is 27.8. The van der Waals surface area contributed by atoms with Crippen LogP contribution < -0.4 is 0 Å². The second-order valence-corrected chi connectivity index (χ2v) is 8.40. The Balaban J connectivity index is 0.000000384. The first-order chi connectivity index (χ1) is 12.4. The Kier molecular flexibility index (Phi) is 11.7. The zero-order valence-corrected chi connectivity index (χ0v) is 22.4. The Morgan fingerprint density at radius 2 is 0.607 bits per heavy atom. The third kappa shape index (κ3) is 6.93. The van der Waals surface area contributed by atoms with E-state index in [1.807, 2.05) is 0 Å². The van der Waals surface area contributed by atoms with E-state index in [2.05, 4.69) is 101 Å². The van der Waals surface area contributed by atoms with E-state index < -0.39 is 0 Å². The topological polar surface area (TPSA) is 0 Å². The van der Waals surface area contributed by atoms with E-state index in [0.29, 0.717) is 17.8 Å². The summed E-state index contributed by atoms with van der Waals surface area (Å²) in [5.74, 6) is 1.68. The zero-order valence-electron chi connectivity index (χ0n) is 20.1. The summed E-state index contributed by atoms with van der Waals surface area (Å²) < 4.78 is 0. The molecule has 0 spiro atoms. The number of rotatable bonds is 0. The molecule has 28 heavy (non-hydrogen) atoms. The molecule has 3 unspecified atom stereocenters. The molecule has 0 fully saturated rings. The van der Waals surface area contributed by atoms with E-state index in [1.165, 1.54) is 50.2 Å². The maximum atomic E-state index is 3.36. The van der Waals surface area contributed by atoms with E-state index in [9.17, 15) is 0 Å². The molecular weight excluding hydrogens is 482 g/mol. The van der Waals surface area contributed by atoms with Gasteiger partial charge in [0.1, 0.15) is 0 Å². The standard InChI is InChI=1S/3C9H13.Gd/c3*1-6-5-7(2)9(4)8(6)3;/h3*6H,1-4H3;/q3*-1;+3. The van der Waals surface area contributed by atoms with Crippen molar-refractivity contribution in [2.75, 3.05) is 0 Å². The molecule has 0 aromatic rings. The van der Waals surface area contributed by atoms with Crippen molar-refractivity contribution in [3.63, 3.8) is 0 Å². The average Bonchev–Trinajstić information content (AvgIpc) is 3.07. The van der Waals surface area contributed by atoms with Gasteiger partial charge in [-0.25, -0.2) is 16.7 Å². The van der Waals surface area contributed by atoms with Gasteiger partial charge in [0.25, 0.3) is 0 Å². The molecule has 0 N–H and O–H groups in total. The van der Waals surface area contributed by atoms with Gasteiger partial charge in [0, 0.05) is 0 Å². The van der Waals surface area contributed by atoms with E-state index in [1.54, 1.807) is 0 Å². The SMILES string of the molecule is CC1=[C-]C(C)C(C)=C1C.CC1=[C-]C(C)C(C)=C1C.CC1=[C-]C(C)C(C)=C1C.[Gd+3]. The minimum Gasteiger partial charge on any atom is -0.266 e. The first-order valence-electron chi connectivity index (χ1n) is 10.2. The second-order valence-electron chi connectivity index (χ2n) is 8.40. The van der Waals surface area contributed by atoms with Crippen molar-refractivity contribution in [3.05, 3.63) is 68.4 Å². The van der Waals surface area contributed by atoms with Gasteiger partial charge in [-0.05, 0) is 0 Å². The summed E-state index contributed by atoms with van der Waals surface area (Å²) in [5, 5.41) is 0. The molecule has 3 rings (SSSR count). The fourth-order valence-electron chi connectivity index (χ4n) is 3.49. The Morgan fingerprint density at radius 1 is 0.429 bits per heavy atom. The van der Waals surface area contributed by atoms with Crippen LogP contribution >= 0.6 is 0 Å². The van der Waals surface area contributed by atoms with Crippen molar-refractivity contribution in [2.24, 2.45) is 17.8 Å².